The Bertz CT molecular complexity index is 435. The first-order valence-corrected chi connectivity index (χ1v) is 7.51. The molecule has 1 saturated heterocycles. The number of rotatable bonds is 6. The van der Waals surface area contributed by atoms with Crippen LogP contribution in [0.25, 0.3) is 0 Å². The summed E-state index contributed by atoms with van der Waals surface area (Å²) in [5, 5.41) is 0. The lowest BCUT2D eigenvalue weighted by Crippen LogP contribution is -2.58. The summed E-state index contributed by atoms with van der Waals surface area (Å²) in [6.45, 7) is 7.59. The standard InChI is InChI=1S/C15H24O8/c1-6-19-15-8(2)13(21-10(4)17)14(22-11(5)18)12(23-15)7-20-9(3)16/h8,12-15H,6-7H2,1-5H3. The van der Waals surface area contributed by atoms with E-state index in [9.17, 15) is 14.4 Å². The molecule has 0 aromatic heterocycles. The van der Waals surface area contributed by atoms with Crippen LogP contribution in [0.5, 0.6) is 0 Å². The largest absolute Gasteiger partial charge is 0.463 e. The Kier molecular flexibility index (Phi) is 7.44. The van der Waals surface area contributed by atoms with Crippen LogP contribution in [0.2, 0.25) is 0 Å². The molecule has 0 amide bonds. The maximum Gasteiger partial charge on any atom is 0.303 e. The first-order valence-electron chi connectivity index (χ1n) is 7.51. The van der Waals surface area contributed by atoms with Gasteiger partial charge in [-0.1, -0.05) is 6.92 Å². The molecule has 132 valence electrons. The number of esters is 3. The van der Waals surface area contributed by atoms with Gasteiger partial charge in [0.1, 0.15) is 18.8 Å². The topological polar surface area (TPSA) is 97.4 Å². The fourth-order valence-corrected chi connectivity index (χ4v) is 2.43. The Hall–Kier alpha value is -1.67. The zero-order valence-corrected chi connectivity index (χ0v) is 14.1. The highest BCUT2D eigenvalue weighted by Crippen LogP contribution is 2.31. The van der Waals surface area contributed by atoms with E-state index in [4.69, 9.17) is 23.7 Å². The van der Waals surface area contributed by atoms with Gasteiger partial charge >= 0.3 is 17.9 Å². The van der Waals surface area contributed by atoms with Crippen LogP contribution in [-0.2, 0) is 38.1 Å². The zero-order valence-electron chi connectivity index (χ0n) is 14.1. The van der Waals surface area contributed by atoms with E-state index in [1.807, 2.05) is 0 Å². The van der Waals surface area contributed by atoms with Gasteiger partial charge in [-0.25, -0.2) is 0 Å². The van der Waals surface area contributed by atoms with Gasteiger partial charge in [-0.15, -0.1) is 0 Å². The molecule has 1 aliphatic rings. The van der Waals surface area contributed by atoms with Crippen molar-refractivity contribution in [3.05, 3.63) is 0 Å². The molecule has 0 aromatic rings. The van der Waals surface area contributed by atoms with Crippen LogP contribution in [0.3, 0.4) is 0 Å². The molecule has 23 heavy (non-hydrogen) atoms. The van der Waals surface area contributed by atoms with Crippen molar-refractivity contribution in [1.29, 1.82) is 0 Å². The Balaban J connectivity index is 3.02. The van der Waals surface area contributed by atoms with Gasteiger partial charge in [-0.2, -0.15) is 0 Å². The van der Waals surface area contributed by atoms with Crippen molar-refractivity contribution in [2.24, 2.45) is 5.92 Å². The number of carbonyl (C=O) groups is 3. The van der Waals surface area contributed by atoms with Crippen LogP contribution in [0.1, 0.15) is 34.6 Å². The Labute approximate surface area is 135 Å². The van der Waals surface area contributed by atoms with E-state index in [1.165, 1.54) is 20.8 Å². The molecule has 0 bridgehead atoms. The minimum Gasteiger partial charge on any atom is -0.463 e. The van der Waals surface area contributed by atoms with Gasteiger partial charge in [0.25, 0.3) is 0 Å². The van der Waals surface area contributed by atoms with Crippen LogP contribution in [-0.4, -0.2) is 55.7 Å². The minimum atomic E-state index is -0.887. The molecular formula is C15H24O8. The van der Waals surface area contributed by atoms with Crippen molar-refractivity contribution in [3.8, 4) is 0 Å². The van der Waals surface area contributed by atoms with Crippen molar-refractivity contribution in [1.82, 2.24) is 0 Å². The SMILES string of the molecule is CCOC1OC(COC(C)=O)C(OC(C)=O)C(OC(C)=O)C1C. The second kappa shape index (κ2) is 8.83. The molecule has 0 spiro atoms. The molecule has 5 unspecified atom stereocenters. The van der Waals surface area contributed by atoms with Gasteiger partial charge in [0.05, 0.1) is 0 Å². The maximum atomic E-state index is 11.4. The van der Waals surface area contributed by atoms with E-state index < -0.39 is 42.5 Å². The minimum absolute atomic E-state index is 0.138. The van der Waals surface area contributed by atoms with Crippen LogP contribution in [0.15, 0.2) is 0 Å². The fourth-order valence-electron chi connectivity index (χ4n) is 2.43. The number of ether oxygens (including phenoxy) is 5. The Morgan fingerprint density at radius 2 is 1.52 bits per heavy atom. The molecule has 1 rings (SSSR count). The number of carbonyl (C=O) groups excluding carboxylic acids is 3. The van der Waals surface area contributed by atoms with E-state index in [-0.39, 0.29) is 12.5 Å². The molecular weight excluding hydrogens is 308 g/mol. The zero-order chi connectivity index (χ0) is 17.6. The molecule has 0 N–H and O–H groups in total. The van der Waals surface area contributed by atoms with Crippen LogP contribution >= 0.6 is 0 Å². The third-order valence-corrected chi connectivity index (χ3v) is 3.33. The second-order valence-electron chi connectivity index (χ2n) is 5.31. The smallest absolute Gasteiger partial charge is 0.303 e. The van der Waals surface area contributed by atoms with E-state index >= 15 is 0 Å². The highest BCUT2D eigenvalue weighted by molar-refractivity contribution is 5.67. The predicted molar refractivity (Wildman–Crippen MR) is 77.2 cm³/mol. The van der Waals surface area contributed by atoms with Crippen molar-refractivity contribution in [3.63, 3.8) is 0 Å². The molecule has 1 fully saturated rings. The van der Waals surface area contributed by atoms with Gasteiger partial charge in [0.15, 0.2) is 12.4 Å². The van der Waals surface area contributed by atoms with Crippen LogP contribution in [0.4, 0.5) is 0 Å². The molecule has 0 radical (unpaired) electrons. The van der Waals surface area contributed by atoms with E-state index in [2.05, 4.69) is 0 Å². The molecule has 1 heterocycles. The summed E-state index contributed by atoms with van der Waals surface area (Å²) in [5.41, 5.74) is 0. The summed E-state index contributed by atoms with van der Waals surface area (Å²) in [6, 6.07) is 0. The summed E-state index contributed by atoms with van der Waals surface area (Å²) in [6.07, 6.45) is -3.11. The summed E-state index contributed by atoms with van der Waals surface area (Å²) < 4.78 is 26.8. The lowest BCUT2D eigenvalue weighted by Gasteiger charge is -2.43. The van der Waals surface area contributed by atoms with Gasteiger partial charge in [-0.3, -0.25) is 14.4 Å². The molecule has 1 aliphatic heterocycles. The first-order chi connectivity index (χ1) is 10.8. The van der Waals surface area contributed by atoms with E-state index in [0.29, 0.717) is 6.61 Å². The summed E-state index contributed by atoms with van der Waals surface area (Å²) in [4.78, 5) is 33.8. The van der Waals surface area contributed by atoms with E-state index in [1.54, 1.807) is 13.8 Å². The third kappa shape index (κ3) is 5.80. The first kappa shape index (κ1) is 19.4. The quantitative estimate of drug-likeness (QED) is 0.521. The maximum absolute atomic E-state index is 11.4. The third-order valence-electron chi connectivity index (χ3n) is 3.33. The summed E-state index contributed by atoms with van der Waals surface area (Å²) in [5.74, 6) is -1.92. The van der Waals surface area contributed by atoms with E-state index in [0.717, 1.165) is 0 Å². The van der Waals surface area contributed by atoms with Gasteiger partial charge in [0.2, 0.25) is 0 Å². The van der Waals surface area contributed by atoms with Crippen LogP contribution in [0, 0.1) is 5.92 Å². The second-order valence-corrected chi connectivity index (χ2v) is 5.31. The Morgan fingerprint density at radius 3 is 2.00 bits per heavy atom. The lowest BCUT2D eigenvalue weighted by atomic mass is 9.92. The average Bonchev–Trinajstić information content (AvgIpc) is 2.43. The van der Waals surface area contributed by atoms with Crippen molar-refractivity contribution in [2.75, 3.05) is 13.2 Å². The normalized spacial score (nSPS) is 30.4. The highest BCUT2D eigenvalue weighted by atomic mass is 16.7. The average molecular weight is 332 g/mol. The molecule has 0 aromatic carbocycles. The monoisotopic (exact) mass is 332 g/mol. The Morgan fingerprint density at radius 1 is 0.957 bits per heavy atom. The van der Waals surface area contributed by atoms with Gasteiger partial charge < -0.3 is 23.7 Å². The molecule has 8 nitrogen and oxygen atoms in total. The molecule has 8 heteroatoms. The highest BCUT2D eigenvalue weighted by Gasteiger charge is 2.48. The van der Waals surface area contributed by atoms with Crippen molar-refractivity contribution in [2.45, 2.75) is 59.2 Å². The molecule has 0 aliphatic carbocycles. The summed E-state index contributed by atoms with van der Waals surface area (Å²) >= 11 is 0. The number of hydrogen-bond acceptors (Lipinski definition) is 8. The molecule has 5 atom stereocenters. The lowest BCUT2D eigenvalue weighted by molar-refractivity contribution is -0.287. The van der Waals surface area contributed by atoms with Crippen LogP contribution < -0.4 is 0 Å². The van der Waals surface area contributed by atoms with Gasteiger partial charge in [-0.05, 0) is 6.92 Å². The van der Waals surface area contributed by atoms with Gasteiger partial charge in [0, 0.05) is 33.3 Å². The summed E-state index contributed by atoms with van der Waals surface area (Å²) in [7, 11) is 0. The predicted octanol–water partition coefficient (Wildman–Crippen LogP) is 0.810. The van der Waals surface area contributed by atoms with Crippen molar-refractivity contribution < 1.29 is 38.1 Å². The number of hydrogen-bond donors (Lipinski definition) is 0. The fraction of sp³-hybridized carbons (Fsp3) is 0.800. The molecule has 0 saturated carbocycles. The van der Waals surface area contributed by atoms with Crippen molar-refractivity contribution >= 4 is 17.9 Å².